The Balaban J connectivity index is 1.44. The zero-order valence-electron chi connectivity index (χ0n) is 21.8. The van der Waals surface area contributed by atoms with E-state index < -0.39 is 0 Å². The van der Waals surface area contributed by atoms with Gasteiger partial charge in [0.25, 0.3) is 0 Å². The van der Waals surface area contributed by atoms with Crippen LogP contribution < -0.4 is 15.5 Å². The van der Waals surface area contributed by atoms with Gasteiger partial charge in [-0.3, -0.25) is 9.78 Å². The van der Waals surface area contributed by atoms with Crippen molar-refractivity contribution in [2.24, 2.45) is 0 Å². The average Bonchev–Trinajstić information content (AvgIpc) is 3.53. The highest BCUT2D eigenvalue weighted by atomic mass is 32.1. The summed E-state index contributed by atoms with van der Waals surface area (Å²) in [6.45, 7) is 2.46. The van der Waals surface area contributed by atoms with E-state index in [2.05, 4.69) is 72.6 Å². The zero-order valence-corrected chi connectivity index (χ0v) is 22.7. The van der Waals surface area contributed by atoms with Crippen LogP contribution in [0.2, 0.25) is 0 Å². The van der Waals surface area contributed by atoms with E-state index in [1.807, 2.05) is 63.5 Å². The van der Waals surface area contributed by atoms with Gasteiger partial charge in [0.05, 0.1) is 17.8 Å². The molecule has 5 rings (SSSR count). The highest BCUT2D eigenvalue weighted by molar-refractivity contribution is 7.80. The molecular weight excluding hydrogens is 492 g/mol. The van der Waals surface area contributed by atoms with Gasteiger partial charge < -0.3 is 25.0 Å². The third-order valence-electron chi connectivity index (χ3n) is 6.92. The number of carbonyl (C=O) groups excluding carboxylic acids is 1. The lowest BCUT2D eigenvalue weighted by molar-refractivity contribution is -0.116. The largest absolute Gasteiger partial charge is 0.378 e. The second-order valence-electron chi connectivity index (χ2n) is 9.65. The Kier molecular flexibility index (Phi) is 7.42. The molecule has 1 aliphatic heterocycles. The van der Waals surface area contributed by atoms with Crippen molar-refractivity contribution in [3.05, 3.63) is 108 Å². The molecular formula is C30H32N6OS. The number of amides is 1. The van der Waals surface area contributed by atoms with E-state index in [1.165, 1.54) is 0 Å². The maximum absolute atomic E-state index is 12.9. The molecule has 1 fully saturated rings. The predicted octanol–water partition coefficient (Wildman–Crippen LogP) is 5.25. The molecule has 194 valence electrons. The number of pyridine rings is 1. The molecule has 2 aromatic carbocycles. The van der Waals surface area contributed by atoms with Crippen LogP contribution in [-0.2, 0) is 4.79 Å². The number of carbonyl (C=O) groups is 1. The molecule has 3 heterocycles. The van der Waals surface area contributed by atoms with Crippen LogP contribution in [-0.4, -0.2) is 46.1 Å². The summed E-state index contributed by atoms with van der Waals surface area (Å²) in [6.07, 6.45) is 4.17. The Labute approximate surface area is 229 Å². The summed E-state index contributed by atoms with van der Waals surface area (Å²) >= 11 is 5.82. The SMILES string of the molecule is Cc1ccccc1NC(=O)CCN1C(=S)N[C@@H](c2ccccn2)[C@@H]1c1cccn1-c1ccc(N(C)C)cc1. The molecule has 0 unspecified atom stereocenters. The zero-order chi connectivity index (χ0) is 26.6. The molecule has 8 heteroatoms. The lowest BCUT2D eigenvalue weighted by Gasteiger charge is -2.29. The molecule has 1 saturated heterocycles. The number of benzene rings is 2. The first-order valence-corrected chi connectivity index (χ1v) is 13.1. The molecule has 38 heavy (non-hydrogen) atoms. The van der Waals surface area contributed by atoms with Gasteiger partial charge in [-0.05, 0) is 79.3 Å². The molecule has 7 nitrogen and oxygen atoms in total. The van der Waals surface area contributed by atoms with Crippen LogP contribution in [0.3, 0.4) is 0 Å². The van der Waals surface area contributed by atoms with Crippen molar-refractivity contribution in [3.8, 4) is 5.69 Å². The van der Waals surface area contributed by atoms with Gasteiger partial charge in [-0.25, -0.2) is 0 Å². The normalized spacial score (nSPS) is 16.8. The van der Waals surface area contributed by atoms with Crippen molar-refractivity contribution in [1.29, 1.82) is 0 Å². The van der Waals surface area contributed by atoms with Crippen LogP contribution in [0.15, 0.2) is 91.3 Å². The summed E-state index contributed by atoms with van der Waals surface area (Å²) in [5, 5.41) is 7.15. The predicted molar refractivity (Wildman–Crippen MR) is 157 cm³/mol. The molecule has 1 aliphatic rings. The van der Waals surface area contributed by atoms with Crippen molar-refractivity contribution in [1.82, 2.24) is 19.8 Å². The van der Waals surface area contributed by atoms with Crippen LogP contribution in [0.4, 0.5) is 11.4 Å². The van der Waals surface area contributed by atoms with Gasteiger partial charge in [0.2, 0.25) is 5.91 Å². The highest BCUT2D eigenvalue weighted by Crippen LogP contribution is 2.39. The Morgan fingerprint density at radius 2 is 1.79 bits per heavy atom. The van der Waals surface area contributed by atoms with E-state index in [0.29, 0.717) is 18.1 Å². The Morgan fingerprint density at radius 1 is 1.03 bits per heavy atom. The Morgan fingerprint density at radius 3 is 2.50 bits per heavy atom. The van der Waals surface area contributed by atoms with E-state index in [9.17, 15) is 4.79 Å². The molecule has 0 aliphatic carbocycles. The fraction of sp³-hybridized carbons (Fsp3) is 0.233. The number of rotatable bonds is 8. The van der Waals surface area contributed by atoms with Gasteiger partial charge >= 0.3 is 0 Å². The fourth-order valence-electron chi connectivity index (χ4n) is 4.90. The van der Waals surface area contributed by atoms with Crippen LogP contribution in [0, 0.1) is 6.92 Å². The smallest absolute Gasteiger partial charge is 0.226 e. The molecule has 4 aromatic rings. The standard InChI is InChI=1S/C30H32N6OS/c1-21-9-4-5-10-24(21)32-27(37)17-20-36-29(28(33-30(36)38)25-11-6-7-18-31-25)26-12-8-19-35(26)23-15-13-22(14-16-23)34(2)3/h4-16,18-19,28-29H,17,20H2,1-3H3,(H,32,37)(H,33,38)/t28-,29-/m0/s1. The lowest BCUT2D eigenvalue weighted by atomic mass is 10.0. The van der Waals surface area contributed by atoms with E-state index in [-0.39, 0.29) is 18.0 Å². The maximum atomic E-state index is 12.9. The van der Waals surface area contributed by atoms with Crippen LogP contribution in [0.1, 0.15) is 35.5 Å². The van der Waals surface area contributed by atoms with Gasteiger partial charge in [0, 0.05) is 62.2 Å². The first-order chi connectivity index (χ1) is 18.4. The Hall–Kier alpha value is -4.17. The quantitative estimate of drug-likeness (QED) is 0.307. The lowest BCUT2D eigenvalue weighted by Crippen LogP contribution is -2.33. The molecule has 1 amide bonds. The number of aromatic nitrogens is 2. The van der Waals surface area contributed by atoms with Crippen LogP contribution in [0.5, 0.6) is 0 Å². The number of hydrogen-bond donors (Lipinski definition) is 2. The number of thiocarbonyl (C=S) groups is 1. The van der Waals surface area contributed by atoms with Crippen molar-refractivity contribution >= 4 is 34.6 Å². The third-order valence-corrected chi connectivity index (χ3v) is 7.28. The summed E-state index contributed by atoms with van der Waals surface area (Å²) in [4.78, 5) is 21.8. The van der Waals surface area contributed by atoms with Gasteiger partial charge in [-0.2, -0.15) is 0 Å². The summed E-state index contributed by atoms with van der Waals surface area (Å²) < 4.78 is 2.19. The molecule has 2 atom stereocenters. The first kappa shape index (κ1) is 25.5. The fourth-order valence-corrected chi connectivity index (χ4v) is 5.23. The molecule has 0 radical (unpaired) electrons. The van der Waals surface area contributed by atoms with E-state index in [4.69, 9.17) is 12.2 Å². The summed E-state index contributed by atoms with van der Waals surface area (Å²) in [5.41, 5.74) is 6.04. The number of anilines is 2. The number of aryl methyl sites for hydroxylation is 1. The van der Waals surface area contributed by atoms with Gasteiger partial charge in [0.1, 0.15) is 0 Å². The van der Waals surface area contributed by atoms with Crippen molar-refractivity contribution < 1.29 is 4.79 Å². The molecule has 0 spiro atoms. The number of nitrogens with one attached hydrogen (secondary N) is 2. The van der Waals surface area contributed by atoms with Gasteiger partial charge in [-0.1, -0.05) is 24.3 Å². The summed E-state index contributed by atoms with van der Waals surface area (Å²) in [5.74, 6) is -0.0446. The van der Waals surface area contributed by atoms with Crippen LogP contribution in [0.25, 0.3) is 5.69 Å². The number of nitrogens with zero attached hydrogens (tertiary/aromatic N) is 4. The Bertz CT molecular complexity index is 1420. The third kappa shape index (κ3) is 5.26. The summed E-state index contributed by atoms with van der Waals surface area (Å²) in [6, 6.07) is 26.0. The topological polar surface area (TPSA) is 65.4 Å². The molecule has 2 aromatic heterocycles. The second-order valence-corrected chi connectivity index (χ2v) is 10.0. The minimum atomic E-state index is -0.155. The number of hydrogen-bond acceptors (Lipinski definition) is 4. The molecule has 0 bridgehead atoms. The van der Waals surface area contributed by atoms with Crippen molar-refractivity contribution in [2.45, 2.75) is 25.4 Å². The monoisotopic (exact) mass is 524 g/mol. The highest BCUT2D eigenvalue weighted by Gasteiger charge is 2.41. The number of para-hydroxylation sites is 1. The van der Waals surface area contributed by atoms with Crippen molar-refractivity contribution in [3.63, 3.8) is 0 Å². The molecule has 2 N–H and O–H groups in total. The van der Waals surface area contributed by atoms with E-state index in [1.54, 1.807) is 6.20 Å². The maximum Gasteiger partial charge on any atom is 0.226 e. The summed E-state index contributed by atoms with van der Waals surface area (Å²) in [7, 11) is 4.07. The van der Waals surface area contributed by atoms with E-state index in [0.717, 1.165) is 34.0 Å². The van der Waals surface area contributed by atoms with Crippen LogP contribution >= 0.6 is 12.2 Å². The van der Waals surface area contributed by atoms with Gasteiger partial charge in [0.15, 0.2) is 5.11 Å². The minimum absolute atomic E-state index is 0.0446. The van der Waals surface area contributed by atoms with Crippen molar-refractivity contribution in [2.75, 3.05) is 30.9 Å². The average molecular weight is 525 g/mol. The van der Waals surface area contributed by atoms with Gasteiger partial charge in [-0.15, -0.1) is 0 Å². The van der Waals surface area contributed by atoms with E-state index >= 15 is 0 Å². The minimum Gasteiger partial charge on any atom is -0.378 e. The second kappa shape index (κ2) is 11.1. The first-order valence-electron chi connectivity index (χ1n) is 12.7. The molecule has 0 saturated carbocycles.